The third kappa shape index (κ3) is 3.13. The van der Waals surface area contributed by atoms with Crippen LogP contribution in [0.15, 0.2) is 11.4 Å². The Kier molecular flexibility index (Phi) is 3.91. The van der Waals surface area contributed by atoms with E-state index in [2.05, 4.69) is 5.32 Å². The van der Waals surface area contributed by atoms with Crippen LogP contribution in [0.5, 0.6) is 0 Å². The zero-order chi connectivity index (χ0) is 14.0. The Morgan fingerprint density at radius 1 is 1.53 bits per heavy atom. The number of carbonyl (C=O) groups is 2. The number of fused-ring (bicyclic) bond motifs is 1. The maximum atomic E-state index is 12.1. The third-order valence-electron chi connectivity index (χ3n) is 3.38. The molecule has 2 N–H and O–H groups in total. The van der Waals surface area contributed by atoms with Crippen molar-refractivity contribution in [3.05, 3.63) is 21.9 Å². The van der Waals surface area contributed by atoms with Crippen molar-refractivity contribution in [2.45, 2.75) is 32.4 Å². The van der Waals surface area contributed by atoms with Crippen LogP contribution in [-0.2, 0) is 22.6 Å². The van der Waals surface area contributed by atoms with Gasteiger partial charge in [0.25, 0.3) is 0 Å². The normalized spacial score (nSPS) is 15.2. The fourth-order valence-corrected chi connectivity index (χ4v) is 2.84. The highest BCUT2D eigenvalue weighted by Crippen LogP contribution is 2.23. The molecule has 1 aromatic rings. The maximum Gasteiger partial charge on any atom is 0.323 e. The Morgan fingerprint density at radius 3 is 2.95 bits per heavy atom. The van der Waals surface area contributed by atoms with Gasteiger partial charge >= 0.3 is 5.97 Å². The van der Waals surface area contributed by atoms with E-state index >= 15 is 0 Å². The number of rotatable bonds is 4. The first kappa shape index (κ1) is 14.0. The first-order chi connectivity index (χ1) is 8.90. The molecule has 0 aliphatic carbocycles. The summed E-state index contributed by atoms with van der Waals surface area (Å²) >= 11 is 1.73. The molecule has 0 unspecified atom stereocenters. The number of nitrogens with one attached hydrogen (secondary N) is 1. The van der Waals surface area contributed by atoms with Crippen molar-refractivity contribution in [2.24, 2.45) is 0 Å². The van der Waals surface area contributed by atoms with E-state index in [0.717, 1.165) is 6.42 Å². The largest absolute Gasteiger partial charge is 0.480 e. The summed E-state index contributed by atoms with van der Waals surface area (Å²) in [5, 5.41) is 13.8. The summed E-state index contributed by atoms with van der Waals surface area (Å²) in [5.41, 5.74) is 0.126. The summed E-state index contributed by atoms with van der Waals surface area (Å²) < 4.78 is 0. The summed E-state index contributed by atoms with van der Waals surface area (Å²) in [6.45, 7) is 4.50. The second-order valence-corrected chi connectivity index (χ2v) is 6.22. The highest BCUT2D eigenvalue weighted by molar-refractivity contribution is 7.10. The van der Waals surface area contributed by atoms with Gasteiger partial charge < -0.3 is 10.0 Å². The quantitative estimate of drug-likeness (QED) is 0.867. The van der Waals surface area contributed by atoms with E-state index in [1.54, 1.807) is 30.1 Å². The molecule has 19 heavy (non-hydrogen) atoms. The zero-order valence-corrected chi connectivity index (χ0v) is 11.9. The standard InChI is InChI=1S/C13H18N2O3S/c1-13(2,12(17)18)14-7-11(16)15-5-3-10-9(8-15)4-6-19-10/h4,6,14H,3,5,7-8H2,1-2H3,(H,17,18). The fraction of sp³-hybridized carbons (Fsp3) is 0.538. The number of nitrogens with zero attached hydrogens (tertiary/aromatic N) is 1. The molecule has 1 aliphatic rings. The Morgan fingerprint density at radius 2 is 2.26 bits per heavy atom. The first-order valence-corrected chi connectivity index (χ1v) is 7.09. The number of carbonyl (C=O) groups excluding carboxylic acids is 1. The molecule has 104 valence electrons. The van der Waals surface area contributed by atoms with Gasteiger partial charge in [-0.05, 0) is 37.3 Å². The van der Waals surface area contributed by atoms with E-state index in [9.17, 15) is 9.59 Å². The number of carboxylic acids is 1. The second-order valence-electron chi connectivity index (χ2n) is 5.22. The molecule has 0 aromatic carbocycles. The predicted molar refractivity (Wildman–Crippen MR) is 73.2 cm³/mol. The van der Waals surface area contributed by atoms with Crippen molar-refractivity contribution in [1.82, 2.24) is 10.2 Å². The number of carboxylic acid groups (broad SMARTS) is 1. The molecule has 0 fully saturated rings. The van der Waals surface area contributed by atoms with Gasteiger partial charge in [0.2, 0.25) is 5.91 Å². The van der Waals surface area contributed by atoms with Gasteiger partial charge in [-0.1, -0.05) is 0 Å². The van der Waals surface area contributed by atoms with Crippen molar-refractivity contribution in [3.8, 4) is 0 Å². The minimum Gasteiger partial charge on any atom is -0.480 e. The van der Waals surface area contributed by atoms with E-state index < -0.39 is 11.5 Å². The molecule has 2 heterocycles. The van der Waals surface area contributed by atoms with Crippen molar-refractivity contribution in [1.29, 1.82) is 0 Å². The molecule has 6 heteroatoms. The molecule has 1 aliphatic heterocycles. The SMILES string of the molecule is CC(C)(NCC(=O)N1CCc2sccc2C1)C(=O)O. The van der Waals surface area contributed by atoms with Gasteiger partial charge in [0.15, 0.2) is 0 Å². The van der Waals surface area contributed by atoms with Gasteiger partial charge in [0.1, 0.15) is 5.54 Å². The van der Waals surface area contributed by atoms with Crippen LogP contribution in [0.3, 0.4) is 0 Å². The molecule has 0 saturated heterocycles. The second kappa shape index (κ2) is 5.30. The molecule has 2 rings (SSSR count). The molecule has 0 spiro atoms. The van der Waals surface area contributed by atoms with E-state index in [-0.39, 0.29) is 12.5 Å². The number of aliphatic carboxylic acids is 1. The van der Waals surface area contributed by atoms with Gasteiger partial charge in [-0.15, -0.1) is 11.3 Å². The zero-order valence-electron chi connectivity index (χ0n) is 11.1. The first-order valence-electron chi connectivity index (χ1n) is 6.21. The fourth-order valence-electron chi connectivity index (χ4n) is 1.95. The lowest BCUT2D eigenvalue weighted by atomic mass is 10.1. The molecule has 0 saturated carbocycles. The molecule has 5 nitrogen and oxygen atoms in total. The maximum absolute atomic E-state index is 12.1. The minimum absolute atomic E-state index is 0.0498. The minimum atomic E-state index is -1.08. The predicted octanol–water partition coefficient (Wildman–Crippen LogP) is 1.09. The van der Waals surface area contributed by atoms with Crippen LogP contribution in [0.4, 0.5) is 0 Å². The van der Waals surface area contributed by atoms with Crippen LogP contribution in [-0.4, -0.2) is 40.5 Å². The summed E-state index contributed by atoms with van der Waals surface area (Å²) in [4.78, 5) is 26.2. The Hall–Kier alpha value is -1.40. The van der Waals surface area contributed by atoms with Gasteiger partial charge in [-0.3, -0.25) is 14.9 Å². The molecular formula is C13H18N2O3S. The van der Waals surface area contributed by atoms with Gasteiger partial charge in [-0.2, -0.15) is 0 Å². The van der Waals surface area contributed by atoms with Crippen LogP contribution < -0.4 is 5.32 Å². The monoisotopic (exact) mass is 282 g/mol. The van der Waals surface area contributed by atoms with Gasteiger partial charge in [-0.25, -0.2) is 0 Å². The molecule has 0 atom stereocenters. The average Bonchev–Trinajstić information content (AvgIpc) is 2.82. The Balaban J connectivity index is 1.90. The summed E-state index contributed by atoms with van der Waals surface area (Å²) in [5.74, 6) is -1.01. The van der Waals surface area contributed by atoms with E-state index in [4.69, 9.17) is 5.11 Å². The summed E-state index contributed by atoms with van der Waals surface area (Å²) in [6, 6.07) is 2.05. The van der Waals surface area contributed by atoms with Gasteiger partial charge in [0, 0.05) is 18.0 Å². The Labute approximate surface area is 116 Å². The van der Waals surface area contributed by atoms with E-state index in [0.29, 0.717) is 13.1 Å². The number of hydrogen-bond acceptors (Lipinski definition) is 4. The lowest BCUT2D eigenvalue weighted by Crippen LogP contribution is -2.51. The van der Waals surface area contributed by atoms with Crippen molar-refractivity contribution >= 4 is 23.2 Å². The van der Waals surface area contributed by atoms with Crippen LogP contribution in [0.25, 0.3) is 0 Å². The van der Waals surface area contributed by atoms with Crippen molar-refractivity contribution in [3.63, 3.8) is 0 Å². The molecule has 1 amide bonds. The van der Waals surface area contributed by atoms with Crippen LogP contribution in [0.2, 0.25) is 0 Å². The average molecular weight is 282 g/mol. The molecule has 0 bridgehead atoms. The Bertz CT molecular complexity index is 496. The van der Waals surface area contributed by atoms with Gasteiger partial charge in [0.05, 0.1) is 6.54 Å². The highest BCUT2D eigenvalue weighted by atomic mass is 32.1. The van der Waals surface area contributed by atoms with Crippen molar-refractivity contribution in [2.75, 3.05) is 13.1 Å². The van der Waals surface area contributed by atoms with E-state index in [1.165, 1.54) is 10.4 Å². The molecule has 0 radical (unpaired) electrons. The topological polar surface area (TPSA) is 69.6 Å². The summed E-state index contributed by atoms with van der Waals surface area (Å²) in [6.07, 6.45) is 0.890. The van der Waals surface area contributed by atoms with Crippen LogP contribution >= 0.6 is 11.3 Å². The summed E-state index contributed by atoms with van der Waals surface area (Å²) in [7, 11) is 0. The van der Waals surface area contributed by atoms with Crippen LogP contribution in [0.1, 0.15) is 24.3 Å². The van der Waals surface area contributed by atoms with E-state index in [1.807, 2.05) is 11.4 Å². The highest BCUT2D eigenvalue weighted by Gasteiger charge is 2.28. The van der Waals surface area contributed by atoms with Crippen molar-refractivity contribution < 1.29 is 14.7 Å². The smallest absolute Gasteiger partial charge is 0.323 e. The molecular weight excluding hydrogens is 264 g/mol. The number of amides is 1. The number of thiophene rings is 1. The third-order valence-corrected chi connectivity index (χ3v) is 4.40. The van der Waals surface area contributed by atoms with Crippen LogP contribution in [0, 0.1) is 0 Å². The number of hydrogen-bond donors (Lipinski definition) is 2. The lowest BCUT2D eigenvalue weighted by molar-refractivity contribution is -0.143. The molecule has 1 aromatic heterocycles. The lowest BCUT2D eigenvalue weighted by Gasteiger charge is -2.29.